The van der Waals surface area contributed by atoms with Crippen LogP contribution in [0.3, 0.4) is 0 Å². The lowest BCUT2D eigenvalue weighted by atomic mass is 10.2. The quantitative estimate of drug-likeness (QED) is 0.907. The standard InChI is InChI=1S/C16H19N5O/c17-16(22)14-5-3-6-15(19-14)21-10-8-20(9-11-21)12-13-4-1-2-7-18-13/h1-7H,8-12H2,(H2,17,22). The van der Waals surface area contributed by atoms with Crippen molar-refractivity contribution < 1.29 is 4.79 Å². The van der Waals surface area contributed by atoms with Crippen LogP contribution in [0.25, 0.3) is 0 Å². The van der Waals surface area contributed by atoms with Crippen molar-refractivity contribution in [2.75, 3.05) is 31.1 Å². The Morgan fingerprint density at radius 2 is 1.91 bits per heavy atom. The molecule has 22 heavy (non-hydrogen) atoms. The molecule has 2 aromatic heterocycles. The number of pyridine rings is 2. The van der Waals surface area contributed by atoms with Gasteiger partial charge in [-0.05, 0) is 24.3 Å². The van der Waals surface area contributed by atoms with Crippen LogP contribution in [0.4, 0.5) is 5.82 Å². The van der Waals surface area contributed by atoms with Gasteiger partial charge >= 0.3 is 0 Å². The third kappa shape index (κ3) is 3.40. The van der Waals surface area contributed by atoms with Crippen molar-refractivity contribution in [3.63, 3.8) is 0 Å². The minimum absolute atomic E-state index is 0.313. The third-order valence-corrected chi connectivity index (χ3v) is 3.79. The molecule has 1 saturated heterocycles. The number of aromatic nitrogens is 2. The predicted molar refractivity (Wildman–Crippen MR) is 84.5 cm³/mol. The van der Waals surface area contributed by atoms with Crippen molar-refractivity contribution >= 4 is 11.7 Å². The van der Waals surface area contributed by atoms with Crippen LogP contribution >= 0.6 is 0 Å². The molecule has 0 atom stereocenters. The molecule has 1 aliphatic heterocycles. The molecule has 0 saturated carbocycles. The average Bonchev–Trinajstić information content (AvgIpc) is 2.56. The zero-order valence-corrected chi connectivity index (χ0v) is 12.4. The van der Waals surface area contributed by atoms with Crippen molar-refractivity contribution in [3.05, 3.63) is 54.0 Å². The molecule has 0 radical (unpaired) electrons. The lowest BCUT2D eigenvalue weighted by Crippen LogP contribution is -2.46. The Balaban J connectivity index is 1.60. The molecule has 0 aliphatic carbocycles. The van der Waals surface area contributed by atoms with E-state index in [9.17, 15) is 4.79 Å². The maximum atomic E-state index is 11.2. The number of rotatable bonds is 4. The topological polar surface area (TPSA) is 75.4 Å². The van der Waals surface area contributed by atoms with Crippen LogP contribution in [0.2, 0.25) is 0 Å². The first-order chi connectivity index (χ1) is 10.7. The van der Waals surface area contributed by atoms with Gasteiger partial charge in [-0.3, -0.25) is 14.7 Å². The number of primary amides is 1. The van der Waals surface area contributed by atoms with Gasteiger partial charge in [0.15, 0.2) is 0 Å². The number of nitrogens with two attached hydrogens (primary N) is 1. The molecule has 1 fully saturated rings. The second-order valence-corrected chi connectivity index (χ2v) is 5.33. The molecule has 1 amide bonds. The molecule has 6 heteroatoms. The van der Waals surface area contributed by atoms with Gasteiger partial charge < -0.3 is 10.6 Å². The first-order valence-corrected chi connectivity index (χ1v) is 7.36. The second kappa shape index (κ2) is 6.53. The SMILES string of the molecule is NC(=O)c1cccc(N2CCN(Cc3ccccn3)CC2)n1. The van der Waals surface area contributed by atoms with E-state index >= 15 is 0 Å². The smallest absolute Gasteiger partial charge is 0.267 e. The van der Waals surface area contributed by atoms with Gasteiger partial charge in [-0.1, -0.05) is 12.1 Å². The summed E-state index contributed by atoms with van der Waals surface area (Å²) < 4.78 is 0. The van der Waals surface area contributed by atoms with Gasteiger partial charge in [0.1, 0.15) is 11.5 Å². The lowest BCUT2D eigenvalue weighted by Gasteiger charge is -2.35. The fourth-order valence-corrected chi connectivity index (χ4v) is 2.59. The highest BCUT2D eigenvalue weighted by molar-refractivity contribution is 5.91. The van der Waals surface area contributed by atoms with Crippen LogP contribution < -0.4 is 10.6 Å². The molecule has 0 spiro atoms. The summed E-state index contributed by atoms with van der Waals surface area (Å²) >= 11 is 0. The maximum Gasteiger partial charge on any atom is 0.267 e. The zero-order chi connectivity index (χ0) is 15.4. The van der Waals surface area contributed by atoms with Crippen molar-refractivity contribution in [1.82, 2.24) is 14.9 Å². The average molecular weight is 297 g/mol. The lowest BCUT2D eigenvalue weighted by molar-refractivity contribution is 0.0995. The van der Waals surface area contributed by atoms with Gasteiger partial charge in [0, 0.05) is 38.9 Å². The van der Waals surface area contributed by atoms with Crippen LogP contribution in [0.5, 0.6) is 0 Å². The number of hydrogen-bond acceptors (Lipinski definition) is 5. The molecule has 0 unspecified atom stereocenters. The third-order valence-electron chi connectivity index (χ3n) is 3.79. The first-order valence-electron chi connectivity index (χ1n) is 7.36. The summed E-state index contributed by atoms with van der Waals surface area (Å²) in [5.74, 6) is 0.324. The summed E-state index contributed by atoms with van der Waals surface area (Å²) in [7, 11) is 0. The fraction of sp³-hybridized carbons (Fsp3) is 0.312. The summed E-state index contributed by atoms with van der Waals surface area (Å²) in [4.78, 5) is 24.5. The van der Waals surface area contributed by atoms with Crippen molar-refractivity contribution in [3.8, 4) is 0 Å². The Morgan fingerprint density at radius 1 is 1.09 bits per heavy atom. The normalized spacial score (nSPS) is 15.7. The zero-order valence-electron chi connectivity index (χ0n) is 12.4. The highest BCUT2D eigenvalue weighted by Gasteiger charge is 2.19. The Labute approximate surface area is 129 Å². The van der Waals surface area contributed by atoms with Gasteiger partial charge in [0.05, 0.1) is 5.69 Å². The number of anilines is 1. The molecule has 0 aromatic carbocycles. The molecule has 3 rings (SSSR count). The van der Waals surface area contributed by atoms with Crippen LogP contribution in [-0.2, 0) is 6.54 Å². The summed E-state index contributed by atoms with van der Waals surface area (Å²) in [6.07, 6.45) is 1.82. The van der Waals surface area contributed by atoms with Crippen LogP contribution in [0.15, 0.2) is 42.6 Å². The van der Waals surface area contributed by atoms with E-state index in [0.717, 1.165) is 44.2 Å². The number of hydrogen-bond donors (Lipinski definition) is 1. The van der Waals surface area contributed by atoms with E-state index < -0.39 is 5.91 Å². The number of carbonyl (C=O) groups is 1. The van der Waals surface area contributed by atoms with Gasteiger partial charge in [-0.25, -0.2) is 4.98 Å². The molecule has 2 N–H and O–H groups in total. The minimum atomic E-state index is -0.490. The largest absolute Gasteiger partial charge is 0.364 e. The maximum absolute atomic E-state index is 11.2. The Hall–Kier alpha value is -2.47. The van der Waals surface area contributed by atoms with Gasteiger partial charge in [0.25, 0.3) is 5.91 Å². The molecular weight excluding hydrogens is 278 g/mol. The van der Waals surface area contributed by atoms with Crippen LogP contribution in [0, 0.1) is 0 Å². The van der Waals surface area contributed by atoms with Crippen LogP contribution in [-0.4, -0.2) is 47.0 Å². The molecule has 2 aromatic rings. The van der Waals surface area contributed by atoms with Gasteiger partial charge in [-0.2, -0.15) is 0 Å². The second-order valence-electron chi connectivity index (χ2n) is 5.33. The van der Waals surface area contributed by atoms with Crippen molar-refractivity contribution in [1.29, 1.82) is 0 Å². The van der Waals surface area contributed by atoms with Crippen molar-refractivity contribution in [2.45, 2.75) is 6.54 Å². The van der Waals surface area contributed by atoms with E-state index in [2.05, 4.69) is 19.8 Å². The Kier molecular flexibility index (Phi) is 4.29. The fourth-order valence-electron chi connectivity index (χ4n) is 2.59. The van der Waals surface area contributed by atoms with Crippen LogP contribution in [0.1, 0.15) is 16.2 Å². The molecular formula is C16H19N5O. The van der Waals surface area contributed by atoms with E-state index in [1.807, 2.05) is 36.5 Å². The number of nitrogens with zero attached hydrogens (tertiary/aromatic N) is 4. The number of piperazine rings is 1. The molecule has 114 valence electrons. The molecule has 1 aliphatic rings. The highest BCUT2D eigenvalue weighted by Crippen LogP contribution is 2.15. The van der Waals surface area contributed by atoms with E-state index in [1.165, 1.54) is 0 Å². The highest BCUT2D eigenvalue weighted by atomic mass is 16.1. The Bertz CT molecular complexity index is 638. The minimum Gasteiger partial charge on any atom is -0.364 e. The first kappa shape index (κ1) is 14.5. The van der Waals surface area contributed by atoms with E-state index in [1.54, 1.807) is 6.07 Å². The van der Waals surface area contributed by atoms with E-state index in [4.69, 9.17) is 5.73 Å². The number of amides is 1. The molecule has 3 heterocycles. The van der Waals surface area contributed by atoms with E-state index in [0.29, 0.717) is 5.69 Å². The summed E-state index contributed by atoms with van der Waals surface area (Å²) in [6, 6.07) is 11.4. The summed E-state index contributed by atoms with van der Waals surface area (Å²) in [6.45, 7) is 4.51. The summed E-state index contributed by atoms with van der Waals surface area (Å²) in [5.41, 5.74) is 6.69. The van der Waals surface area contributed by atoms with Gasteiger partial charge in [0.2, 0.25) is 0 Å². The Morgan fingerprint density at radius 3 is 2.59 bits per heavy atom. The predicted octanol–water partition coefficient (Wildman–Crippen LogP) is 0.898. The summed E-state index contributed by atoms with van der Waals surface area (Å²) in [5, 5.41) is 0. The number of carbonyl (C=O) groups excluding carboxylic acids is 1. The van der Waals surface area contributed by atoms with E-state index in [-0.39, 0.29) is 0 Å². The monoisotopic (exact) mass is 297 g/mol. The van der Waals surface area contributed by atoms with Crippen molar-refractivity contribution in [2.24, 2.45) is 5.73 Å². The van der Waals surface area contributed by atoms with Gasteiger partial charge in [-0.15, -0.1) is 0 Å². The molecule has 6 nitrogen and oxygen atoms in total. The molecule has 0 bridgehead atoms.